The molecule has 0 heterocycles. The van der Waals surface area contributed by atoms with Crippen LogP contribution in [0.4, 0.5) is 9.59 Å². The van der Waals surface area contributed by atoms with E-state index in [1.807, 2.05) is 0 Å². The van der Waals surface area contributed by atoms with E-state index in [1.165, 1.54) is 25.9 Å². The molecule has 0 spiro atoms. The van der Waals surface area contributed by atoms with Crippen molar-refractivity contribution in [3.63, 3.8) is 0 Å². The first-order chi connectivity index (χ1) is 20.5. The van der Waals surface area contributed by atoms with Gasteiger partial charge in [0.2, 0.25) is 23.6 Å². The van der Waals surface area contributed by atoms with Crippen LogP contribution in [0.3, 0.4) is 0 Å². The fourth-order valence-corrected chi connectivity index (χ4v) is 3.99. The molecule has 0 radical (unpaired) electrons. The number of thioether (sulfide) groups is 1. The summed E-state index contributed by atoms with van der Waals surface area (Å²) in [6.45, 7) is 0.241. The van der Waals surface area contributed by atoms with Gasteiger partial charge in [0, 0.05) is 51.6 Å². The average Bonchev–Trinajstić information content (AvgIpc) is 2.98. The minimum Gasteiger partial charge on any atom is -0.449 e. The molecule has 0 unspecified atom stereocenters. The van der Waals surface area contributed by atoms with Crippen LogP contribution in [0, 0.1) is 0 Å². The summed E-state index contributed by atoms with van der Waals surface area (Å²) in [5.41, 5.74) is 10.9. The number of ether oxygens (including phenoxy) is 4. The second kappa shape index (κ2) is 25.1. The van der Waals surface area contributed by atoms with Crippen LogP contribution in [0.15, 0.2) is 0 Å². The number of carbonyl (C=O) groups excluding carboxylic acids is 6. The van der Waals surface area contributed by atoms with Crippen molar-refractivity contribution in [3.05, 3.63) is 0 Å². The summed E-state index contributed by atoms with van der Waals surface area (Å²) in [7, 11) is 2.82. The zero-order valence-corrected chi connectivity index (χ0v) is 25.3. The van der Waals surface area contributed by atoms with Crippen molar-refractivity contribution in [2.75, 3.05) is 78.3 Å². The molecule has 0 saturated heterocycles. The molecule has 3 atom stereocenters. The van der Waals surface area contributed by atoms with Gasteiger partial charge in [-0.15, -0.1) is 0 Å². The Morgan fingerprint density at radius 3 is 2.14 bits per heavy atom. The predicted molar refractivity (Wildman–Crippen MR) is 155 cm³/mol. The van der Waals surface area contributed by atoms with Crippen molar-refractivity contribution in [2.24, 2.45) is 11.5 Å². The number of aliphatic hydroxyl groups is 1. The topological polar surface area (TPSA) is 272 Å². The molecule has 0 aliphatic carbocycles. The lowest BCUT2D eigenvalue weighted by molar-refractivity contribution is -0.129. The van der Waals surface area contributed by atoms with Crippen LogP contribution in [-0.2, 0) is 38.1 Å². The maximum atomic E-state index is 12.6. The summed E-state index contributed by atoms with van der Waals surface area (Å²) in [6, 6.07) is -2.02. The number of hydrogen-bond donors (Lipinski definition) is 8. The number of nitrogens with one attached hydrogen (secondary N) is 5. The van der Waals surface area contributed by atoms with Gasteiger partial charge < -0.3 is 62.1 Å². The van der Waals surface area contributed by atoms with Crippen molar-refractivity contribution in [1.29, 1.82) is 0 Å². The Labute approximate surface area is 254 Å². The molecule has 0 saturated carbocycles. The minimum atomic E-state index is -1.02. The van der Waals surface area contributed by atoms with Gasteiger partial charge in [0.15, 0.2) is 0 Å². The van der Waals surface area contributed by atoms with Gasteiger partial charge in [-0.05, 0) is 6.42 Å². The Morgan fingerprint density at radius 1 is 0.837 bits per heavy atom. The van der Waals surface area contributed by atoms with E-state index in [4.69, 9.17) is 30.4 Å². The molecular formula is C24H45N7O11S. The third-order valence-electron chi connectivity index (χ3n) is 5.19. The van der Waals surface area contributed by atoms with E-state index in [9.17, 15) is 33.9 Å². The normalized spacial score (nSPS) is 12.7. The molecule has 19 heteroatoms. The Kier molecular flexibility index (Phi) is 23.2. The molecule has 0 aliphatic rings. The molecular weight excluding hydrogens is 594 g/mol. The van der Waals surface area contributed by atoms with E-state index in [2.05, 4.69) is 26.6 Å². The van der Waals surface area contributed by atoms with Crippen LogP contribution in [0.5, 0.6) is 0 Å². The number of rotatable bonds is 24. The van der Waals surface area contributed by atoms with E-state index in [1.54, 1.807) is 0 Å². The van der Waals surface area contributed by atoms with Gasteiger partial charge in [-0.2, -0.15) is 11.8 Å². The summed E-state index contributed by atoms with van der Waals surface area (Å²) >= 11 is 1.23. The second-order valence-electron chi connectivity index (χ2n) is 8.68. The molecule has 18 nitrogen and oxygen atoms in total. The average molecular weight is 640 g/mol. The molecule has 248 valence electrons. The Balaban J connectivity index is 4.35. The highest BCUT2D eigenvalue weighted by atomic mass is 32.2. The Bertz CT molecular complexity index is 869. The lowest BCUT2D eigenvalue weighted by Gasteiger charge is -2.21. The van der Waals surface area contributed by atoms with Crippen LogP contribution in [-0.4, -0.2) is 137 Å². The fraction of sp³-hybridized carbons (Fsp3) is 0.750. The molecule has 0 aliphatic heterocycles. The molecule has 6 amide bonds. The van der Waals surface area contributed by atoms with Gasteiger partial charge in [-0.25, -0.2) is 9.59 Å². The number of primary amides is 1. The van der Waals surface area contributed by atoms with Gasteiger partial charge in [0.05, 0.1) is 45.6 Å². The highest BCUT2D eigenvalue weighted by Gasteiger charge is 2.24. The summed E-state index contributed by atoms with van der Waals surface area (Å²) < 4.78 is 20.7. The largest absolute Gasteiger partial charge is 0.449 e. The first kappa shape index (κ1) is 39.6. The molecule has 10 N–H and O–H groups in total. The van der Waals surface area contributed by atoms with Crippen molar-refractivity contribution < 1.29 is 52.8 Å². The maximum Gasteiger partial charge on any atom is 0.407 e. The Hall–Kier alpha value is -3.39. The van der Waals surface area contributed by atoms with Crippen molar-refractivity contribution in [3.8, 4) is 0 Å². The van der Waals surface area contributed by atoms with Gasteiger partial charge in [0.25, 0.3) is 0 Å². The third kappa shape index (κ3) is 21.9. The summed E-state index contributed by atoms with van der Waals surface area (Å²) in [4.78, 5) is 69.9. The molecule has 0 aromatic heterocycles. The SMILES string of the molecule is CNC(=O)OCC[C@H](CSC[C@H](N)C(=O)N[C@@H](CCO)C(=O)NCCOCCOCCC(=O)NCC(N)=O)OC(=O)NC. The van der Waals surface area contributed by atoms with Gasteiger partial charge in [-0.1, -0.05) is 0 Å². The second-order valence-corrected chi connectivity index (χ2v) is 9.75. The van der Waals surface area contributed by atoms with Crippen LogP contribution in [0.25, 0.3) is 0 Å². The van der Waals surface area contributed by atoms with E-state index in [0.29, 0.717) is 0 Å². The molecule has 0 rings (SSSR count). The molecule has 0 aromatic rings. The third-order valence-corrected chi connectivity index (χ3v) is 6.40. The number of amides is 6. The zero-order valence-electron chi connectivity index (χ0n) is 24.5. The van der Waals surface area contributed by atoms with Crippen molar-refractivity contribution >= 4 is 47.6 Å². The summed E-state index contributed by atoms with van der Waals surface area (Å²) in [6.07, 6.45) is -1.65. The zero-order chi connectivity index (χ0) is 32.5. The van der Waals surface area contributed by atoms with Crippen molar-refractivity contribution in [2.45, 2.75) is 37.5 Å². The van der Waals surface area contributed by atoms with Gasteiger partial charge in [-0.3, -0.25) is 19.2 Å². The van der Waals surface area contributed by atoms with Crippen LogP contribution < -0.4 is 38.1 Å². The summed E-state index contributed by atoms with van der Waals surface area (Å²) in [5, 5.41) is 21.4. The summed E-state index contributed by atoms with van der Waals surface area (Å²) in [5.74, 6) is -1.74. The number of hydrogen-bond acceptors (Lipinski definition) is 13. The highest BCUT2D eigenvalue weighted by molar-refractivity contribution is 7.99. The standard InChI is InChI=1S/C24H45N7O11S/c1-27-23(37)41-9-4-16(42-24(38)28-2)14-43-15-17(25)21(35)31-18(3-7-32)22(36)29-6-10-40-12-11-39-8-5-20(34)30-13-19(26)33/h16-18,32H,3-15,25H2,1-2H3,(H2,26,33)(H,27,37)(H,28,38)(H,29,36)(H,30,34)(H,31,35)/t16-,17+,18+/m1/s1. The first-order valence-corrected chi connectivity index (χ1v) is 14.6. The number of aliphatic hydroxyl groups excluding tert-OH is 1. The lowest BCUT2D eigenvalue weighted by atomic mass is 10.2. The molecule has 0 bridgehead atoms. The first-order valence-electron chi connectivity index (χ1n) is 13.5. The number of alkyl carbamates (subject to hydrolysis) is 2. The van der Waals surface area contributed by atoms with Crippen LogP contribution >= 0.6 is 11.8 Å². The van der Waals surface area contributed by atoms with E-state index in [-0.39, 0.29) is 89.4 Å². The maximum absolute atomic E-state index is 12.6. The van der Waals surface area contributed by atoms with Crippen LogP contribution in [0.1, 0.15) is 19.3 Å². The van der Waals surface area contributed by atoms with Crippen LogP contribution in [0.2, 0.25) is 0 Å². The van der Waals surface area contributed by atoms with Crippen molar-refractivity contribution in [1.82, 2.24) is 26.6 Å². The Morgan fingerprint density at radius 2 is 1.51 bits per heavy atom. The number of nitrogens with two attached hydrogens (primary N) is 2. The molecule has 43 heavy (non-hydrogen) atoms. The van der Waals surface area contributed by atoms with Gasteiger partial charge in [0.1, 0.15) is 12.1 Å². The number of carbonyl (C=O) groups is 6. The van der Waals surface area contributed by atoms with E-state index < -0.39 is 48.1 Å². The van der Waals surface area contributed by atoms with Gasteiger partial charge >= 0.3 is 12.2 Å². The quantitative estimate of drug-likeness (QED) is 0.0477. The minimum absolute atomic E-state index is 0.00604. The molecule has 0 aromatic carbocycles. The highest BCUT2D eigenvalue weighted by Crippen LogP contribution is 2.11. The monoisotopic (exact) mass is 639 g/mol. The smallest absolute Gasteiger partial charge is 0.407 e. The fourth-order valence-electron chi connectivity index (χ4n) is 2.95. The molecule has 0 fully saturated rings. The van der Waals surface area contributed by atoms with E-state index >= 15 is 0 Å². The lowest BCUT2D eigenvalue weighted by Crippen LogP contribution is -2.53. The van der Waals surface area contributed by atoms with E-state index in [0.717, 1.165) is 0 Å². The predicted octanol–water partition coefficient (Wildman–Crippen LogP) is -3.47.